The van der Waals surface area contributed by atoms with Crippen molar-refractivity contribution in [1.29, 1.82) is 0 Å². The Morgan fingerprint density at radius 3 is 2.65 bits per heavy atom. The zero-order chi connectivity index (χ0) is 16.7. The summed E-state index contributed by atoms with van der Waals surface area (Å²) >= 11 is 0. The Morgan fingerprint density at radius 1 is 1.30 bits per heavy atom. The van der Waals surface area contributed by atoms with Crippen LogP contribution in [-0.2, 0) is 14.6 Å². The second-order valence-corrected chi connectivity index (χ2v) is 8.97. The quantitative estimate of drug-likeness (QED) is 0.841. The van der Waals surface area contributed by atoms with E-state index in [1.807, 2.05) is 36.1 Å². The minimum absolute atomic E-state index is 0.0196. The van der Waals surface area contributed by atoms with Crippen molar-refractivity contribution in [3.05, 3.63) is 24.3 Å². The van der Waals surface area contributed by atoms with Crippen LogP contribution in [0.15, 0.2) is 24.3 Å². The number of hydrogen-bond acceptors (Lipinski definition) is 5. The number of sulfone groups is 1. The fraction of sp³-hybridized carbons (Fsp3) is 0.562. The van der Waals surface area contributed by atoms with E-state index in [0.717, 1.165) is 11.4 Å². The number of para-hydroxylation sites is 2. The molecule has 0 spiro atoms. The van der Waals surface area contributed by atoms with Gasteiger partial charge in [0, 0.05) is 13.1 Å². The molecule has 0 aliphatic carbocycles. The molecule has 1 aromatic carbocycles. The summed E-state index contributed by atoms with van der Waals surface area (Å²) in [4.78, 5) is 14.1. The molecule has 2 N–H and O–H groups in total. The van der Waals surface area contributed by atoms with E-state index in [-0.39, 0.29) is 36.2 Å². The van der Waals surface area contributed by atoms with E-state index in [9.17, 15) is 18.3 Å². The van der Waals surface area contributed by atoms with Crippen LogP contribution >= 0.6 is 0 Å². The maximum atomic E-state index is 12.1. The normalized spacial score (nSPS) is 26.1. The Hall–Kier alpha value is -1.60. The first-order chi connectivity index (χ1) is 10.8. The predicted octanol–water partition coefficient (Wildman–Crippen LogP) is 1.02. The minimum Gasteiger partial charge on any atom is -0.388 e. The fourth-order valence-corrected chi connectivity index (χ4v) is 4.79. The number of fused-ring (bicyclic) bond motifs is 1. The smallest absolute Gasteiger partial charge is 0.229 e. The van der Waals surface area contributed by atoms with Crippen LogP contribution in [0, 0.1) is 5.92 Å². The second kappa shape index (κ2) is 5.79. The fourth-order valence-electron chi connectivity index (χ4n) is 3.20. The van der Waals surface area contributed by atoms with Crippen molar-refractivity contribution in [1.82, 2.24) is 0 Å². The van der Waals surface area contributed by atoms with Gasteiger partial charge in [-0.2, -0.15) is 0 Å². The van der Waals surface area contributed by atoms with Gasteiger partial charge in [-0.3, -0.25) is 4.79 Å². The molecular weight excluding hydrogens is 316 g/mol. The Bertz CT molecular complexity index is 703. The summed E-state index contributed by atoms with van der Waals surface area (Å²) in [6.07, 6.45) is 0.480. The van der Waals surface area contributed by atoms with E-state index in [0.29, 0.717) is 13.1 Å². The summed E-state index contributed by atoms with van der Waals surface area (Å²) < 4.78 is 23.2. The van der Waals surface area contributed by atoms with Crippen LogP contribution in [0.4, 0.5) is 11.4 Å². The molecule has 1 saturated heterocycles. The third-order valence-corrected chi connectivity index (χ3v) is 6.34. The highest BCUT2D eigenvalue weighted by Gasteiger charge is 2.38. The van der Waals surface area contributed by atoms with Crippen LogP contribution in [0.3, 0.4) is 0 Å². The highest BCUT2D eigenvalue weighted by Crippen LogP contribution is 2.33. The molecule has 2 aliphatic heterocycles. The molecule has 2 aliphatic rings. The van der Waals surface area contributed by atoms with E-state index >= 15 is 0 Å². The van der Waals surface area contributed by atoms with E-state index in [1.54, 1.807) is 0 Å². The van der Waals surface area contributed by atoms with Gasteiger partial charge in [0.15, 0.2) is 9.84 Å². The lowest BCUT2D eigenvalue weighted by Crippen LogP contribution is -2.49. The van der Waals surface area contributed by atoms with Crippen LogP contribution in [0.5, 0.6) is 0 Å². The molecule has 1 fully saturated rings. The number of rotatable bonds is 2. The summed E-state index contributed by atoms with van der Waals surface area (Å²) in [5.41, 5.74) is 0.562. The monoisotopic (exact) mass is 338 g/mol. The van der Waals surface area contributed by atoms with Crippen LogP contribution in [0.2, 0.25) is 0 Å². The van der Waals surface area contributed by atoms with Crippen molar-refractivity contribution in [2.75, 3.05) is 34.8 Å². The second-order valence-electron chi connectivity index (χ2n) is 6.66. The Kier molecular flexibility index (Phi) is 4.10. The molecule has 0 bridgehead atoms. The van der Waals surface area contributed by atoms with Crippen molar-refractivity contribution < 1.29 is 18.3 Å². The first kappa shape index (κ1) is 16.3. The number of carbonyl (C=O) groups is 1. The number of anilines is 2. The van der Waals surface area contributed by atoms with Gasteiger partial charge in [-0.25, -0.2) is 8.42 Å². The lowest BCUT2D eigenvalue weighted by atomic mass is 9.95. The van der Waals surface area contributed by atoms with E-state index in [1.165, 1.54) is 0 Å². The van der Waals surface area contributed by atoms with Crippen molar-refractivity contribution in [3.63, 3.8) is 0 Å². The highest BCUT2D eigenvalue weighted by molar-refractivity contribution is 7.91. The molecular formula is C16H22N2O4S. The van der Waals surface area contributed by atoms with E-state index in [2.05, 4.69) is 5.32 Å². The average molecular weight is 338 g/mol. The number of hydrogen-bond donors (Lipinski definition) is 2. The Labute approximate surface area is 136 Å². The van der Waals surface area contributed by atoms with Gasteiger partial charge in [-0.15, -0.1) is 0 Å². The molecule has 0 radical (unpaired) electrons. The zero-order valence-corrected chi connectivity index (χ0v) is 14.0. The number of nitrogens with one attached hydrogen (secondary N) is 1. The summed E-state index contributed by atoms with van der Waals surface area (Å²) in [6, 6.07) is 7.50. The third kappa shape index (κ3) is 3.50. The van der Waals surface area contributed by atoms with Gasteiger partial charge in [0.1, 0.15) is 0 Å². The van der Waals surface area contributed by atoms with Crippen molar-refractivity contribution >= 4 is 27.1 Å². The number of β-amino-alcohol motifs (C(OH)–C–C–N with tert-alkyl or cyclic N) is 1. The Balaban J connectivity index is 1.85. The molecule has 23 heavy (non-hydrogen) atoms. The molecule has 126 valence electrons. The molecule has 7 heteroatoms. The molecule has 1 aromatic rings. The van der Waals surface area contributed by atoms with Crippen molar-refractivity contribution in [2.45, 2.75) is 25.4 Å². The van der Waals surface area contributed by atoms with Crippen LogP contribution < -0.4 is 10.2 Å². The molecule has 2 heterocycles. The summed E-state index contributed by atoms with van der Waals surface area (Å²) in [6.45, 7) is 2.68. The topological polar surface area (TPSA) is 86.7 Å². The van der Waals surface area contributed by atoms with Gasteiger partial charge in [0.05, 0.1) is 34.4 Å². The van der Waals surface area contributed by atoms with Gasteiger partial charge in [-0.05, 0) is 25.0 Å². The molecule has 0 aromatic heterocycles. The molecule has 0 saturated carbocycles. The maximum Gasteiger partial charge on any atom is 0.229 e. The molecule has 1 atom stereocenters. The zero-order valence-electron chi connectivity index (χ0n) is 13.2. The van der Waals surface area contributed by atoms with Crippen LogP contribution in [-0.4, -0.2) is 49.6 Å². The molecule has 3 rings (SSSR count). The molecule has 1 unspecified atom stereocenters. The predicted molar refractivity (Wildman–Crippen MR) is 89.3 cm³/mol. The first-order valence-electron chi connectivity index (χ1n) is 7.86. The SMILES string of the molecule is CC1CN(CC2(O)CCS(=O)(=O)CC2)c2ccccc2NC1=O. The average Bonchev–Trinajstić information content (AvgIpc) is 2.61. The van der Waals surface area contributed by atoms with Gasteiger partial charge >= 0.3 is 0 Å². The molecule has 6 nitrogen and oxygen atoms in total. The Morgan fingerprint density at radius 2 is 1.96 bits per heavy atom. The summed E-state index contributed by atoms with van der Waals surface area (Å²) in [5.74, 6) is -0.214. The number of aliphatic hydroxyl groups is 1. The highest BCUT2D eigenvalue weighted by atomic mass is 32.2. The number of amides is 1. The van der Waals surface area contributed by atoms with Gasteiger partial charge in [0.2, 0.25) is 5.91 Å². The lowest BCUT2D eigenvalue weighted by Gasteiger charge is -2.38. The van der Waals surface area contributed by atoms with Crippen LogP contribution in [0.25, 0.3) is 0 Å². The van der Waals surface area contributed by atoms with Gasteiger partial charge in [-0.1, -0.05) is 19.1 Å². The lowest BCUT2D eigenvalue weighted by molar-refractivity contribution is -0.119. The van der Waals surface area contributed by atoms with Crippen LogP contribution in [0.1, 0.15) is 19.8 Å². The number of carbonyl (C=O) groups excluding carboxylic acids is 1. The largest absolute Gasteiger partial charge is 0.388 e. The van der Waals surface area contributed by atoms with E-state index in [4.69, 9.17) is 0 Å². The number of benzene rings is 1. The van der Waals surface area contributed by atoms with Crippen molar-refractivity contribution in [2.24, 2.45) is 5.92 Å². The third-order valence-electron chi connectivity index (χ3n) is 4.69. The molecule has 1 amide bonds. The number of nitrogens with zero attached hydrogens (tertiary/aromatic N) is 1. The van der Waals surface area contributed by atoms with Gasteiger partial charge < -0.3 is 15.3 Å². The maximum absolute atomic E-state index is 12.1. The summed E-state index contributed by atoms with van der Waals surface area (Å²) in [5, 5.41) is 13.7. The standard InChI is InChI=1S/C16H22N2O4S/c1-12-10-18(11-16(20)6-8-23(21,22)9-7-16)14-5-3-2-4-13(14)17-15(12)19/h2-5,12,20H,6-11H2,1H3,(H,17,19). The van der Waals surface area contributed by atoms with Gasteiger partial charge in [0.25, 0.3) is 0 Å². The van der Waals surface area contributed by atoms with E-state index < -0.39 is 15.4 Å². The first-order valence-corrected chi connectivity index (χ1v) is 9.68. The minimum atomic E-state index is -3.03. The van der Waals surface area contributed by atoms with Crippen molar-refractivity contribution in [3.8, 4) is 0 Å². The summed E-state index contributed by atoms with van der Waals surface area (Å²) in [7, 11) is -3.03.